The Kier molecular flexibility index (Phi) is 8.66. The number of anilines is 1. The minimum atomic E-state index is -4.46. The number of aryl methyl sites for hydroxylation is 1. The van der Waals surface area contributed by atoms with Crippen molar-refractivity contribution in [2.24, 2.45) is 5.41 Å². The number of amides is 2. The van der Waals surface area contributed by atoms with Crippen LogP contribution in [-0.4, -0.2) is 46.6 Å². The summed E-state index contributed by atoms with van der Waals surface area (Å²) in [6.07, 6.45) is -4.19. The van der Waals surface area contributed by atoms with Crippen molar-refractivity contribution in [3.8, 4) is 11.4 Å². The zero-order valence-corrected chi connectivity index (χ0v) is 24.1. The first-order valence-electron chi connectivity index (χ1n) is 12.8. The molecular formula is C29H36F3N5O3. The largest absolute Gasteiger partial charge is 0.494 e. The Labute approximate surface area is 232 Å². The first kappa shape index (κ1) is 30.6. The van der Waals surface area contributed by atoms with Gasteiger partial charge in [0.25, 0.3) is 11.8 Å². The van der Waals surface area contributed by atoms with Crippen LogP contribution in [0.2, 0.25) is 0 Å². The molecule has 3 aromatic rings. The van der Waals surface area contributed by atoms with Gasteiger partial charge in [0.15, 0.2) is 5.69 Å². The van der Waals surface area contributed by atoms with Gasteiger partial charge >= 0.3 is 6.18 Å². The van der Waals surface area contributed by atoms with Crippen LogP contribution in [0.1, 0.15) is 79.1 Å². The maximum atomic E-state index is 13.4. The Bertz CT molecular complexity index is 1400. The van der Waals surface area contributed by atoms with Crippen molar-refractivity contribution in [1.82, 2.24) is 20.3 Å². The van der Waals surface area contributed by atoms with Crippen molar-refractivity contribution in [2.45, 2.75) is 66.5 Å². The summed E-state index contributed by atoms with van der Waals surface area (Å²) < 4.78 is 46.8. The van der Waals surface area contributed by atoms with Crippen molar-refractivity contribution in [3.63, 3.8) is 0 Å². The van der Waals surface area contributed by atoms with Crippen molar-refractivity contribution in [3.05, 3.63) is 64.5 Å². The van der Waals surface area contributed by atoms with Gasteiger partial charge in [-0.2, -0.15) is 13.2 Å². The molecular weight excluding hydrogens is 523 g/mol. The molecule has 1 heterocycles. The van der Waals surface area contributed by atoms with Gasteiger partial charge in [-0.15, -0.1) is 5.10 Å². The van der Waals surface area contributed by atoms with E-state index in [0.717, 1.165) is 5.56 Å². The molecule has 0 bridgehead atoms. The molecule has 0 radical (unpaired) electrons. The van der Waals surface area contributed by atoms with Crippen LogP contribution in [0.5, 0.6) is 5.75 Å². The summed E-state index contributed by atoms with van der Waals surface area (Å²) in [5.74, 6) is -0.965. The molecule has 0 spiro atoms. The van der Waals surface area contributed by atoms with Gasteiger partial charge in [0, 0.05) is 17.7 Å². The summed E-state index contributed by atoms with van der Waals surface area (Å²) in [7, 11) is 1.27. The molecule has 0 fully saturated rings. The number of hydrogen-bond acceptors (Lipinski definition) is 5. The second kappa shape index (κ2) is 11.3. The van der Waals surface area contributed by atoms with Crippen molar-refractivity contribution in [1.29, 1.82) is 0 Å². The van der Waals surface area contributed by atoms with E-state index >= 15 is 0 Å². The molecule has 2 amide bonds. The van der Waals surface area contributed by atoms with E-state index in [1.54, 1.807) is 24.3 Å². The number of carbonyl (C=O) groups is 2. The van der Waals surface area contributed by atoms with Crippen LogP contribution in [0, 0.1) is 12.3 Å². The molecule has 0 saturated heterocycles. The first-order valence-corrected chi connectivity index (χ1v) is 12.8. The molecule has 2 N–H and O–H groups in total. The predicted octanol–water partition coefficient (Wildman–Crippen LogP) is 6.01. The lowest BCUT2D eigenvalue weighted by Crippen LogP contribution is -2.32. The molecule has 8 nitrogen and oxygen atoms in total. The van der Waals surface area contributed by atoms with E-state index in [2.05, 4.69) is 20.9 Å². The third-order valence-electron chi connectivity index (χ3n) is 6.10. The SMILES string of the molecule is COc1c(CC(F)(F)F)cc(C(C)(C)C)cc1NC(=O)c1ccc(C)c(-n2cc(C(=O)NCC(C)(C)C)nn2)c1. The minimum absolute atomic E-state index is 0.0480. The van der Waals surface area contributed by atoms with Gasteiger partial charge in [-0.1, -0.05) is 58.9 Å². The highest BCUT2D eigenvalue weighted by Gasteiger charge is 2.31. The standard InChI is InChI=1S/C29H36F3N5O3/c1-17-9-10-18(12-23(17)37-15-22(35-36-37)26(39)33-16-27(2,3)4)25(38)34-21-13-20(28(5,6)7)11-19(24(21)40-8)14-29(30,31)32/h9-13,15H,14,16H2,1-8H3,(H,33,39)(H,34,38). The molecule has 1 aromatic heterocycles. The molecule has 0 unspecified atom stereocenters. The van der Waals surface area contributed by atoms with Gasteiger partial charge in [-0.25, -0.2) is 4.68 Å². The number of hydrogen-bond donors (Lipinski definition) is 2. The molecule has 3 rings (SSSR count). The molecule has 0 aliphatic heterocycles. The van der Waals surface area contributed by atoms with Crippen LogP contribution < -0.4 is 15.4 Å². The van der Waals surface area contributed by atoms with E-state index in [-0.39, 0.29) is 39.6 Å². The summed E-state index contributed by atoms with van der Waals surface area (Å²) in [4.78, 5) is 25.8. The molecule has 11 heteroatoms. The number of aromatic nitrogens is 3. The summed E-state index contributed by atoms with van der Waals surface area (Å²) in [5, 5.41) is 13.6. The minimum Gasteiger partial charge on any atom is -0.494 e. The van der Waals surface area contributed by atoms with E-state index in [0.29, 0.717) is 17.8 Å². The zero-order valence-electron chi connectivity index (χ0n) is 24.1. The lowest BCUT2D eigenvalue weighted by molar-refractivity contribution is -0.127. The highest BCUT2D eigenvalue weighted by Crippen LogP contribution is 2.38. The molecule has 0 aliphatic rings. The Morgan fingerprint density at radius 2 is 1.68 bits per heavy atom. The maximum Gasteiger partial charge on any atom is 0.393 e. The lowest BCUT2D eigenvalue weighted by atomic mass is 9.85. The number of alkyl halides is 3. The van der Waals surface area contributed by atoms with Crippen LogP contribution in [0.15, 0.2) is 36.5 Å². The Hall–Kier alpha value is -3.89. The fourth-order valence-corrected chi connectivity index (χ4v) is 3.92. The number of halogens is 3. The van der Waals surface area contributed by atoms with E-state index in [9.17, 15) is 22.8 Å². The molecule has 216 valence electrons. The Balaban J connectivity index is 1.94. The quantitative estimate of drug-likeness (QED) is 0.369. The van der Waals surface area contributed by atoms with E-state index in [1.165, 1.54) is 24.1 Å². The Morgan fingerprint density at radius 3 is 2.25 bits per heavy atom. The third-order valence-corrected chi connectivity index (χ3v) is 6.10. The normalized spacial score (nSPS) is 12.3. The number of nitrogens with zero attached hydrogens (tertiary/aromatic N) is 3. The smallest absolute Gasteiger partial charge is 0.393 e. The number of ether oxygens (including phenoxy) is 1. The van der Waals surface area contributed by atoms with Gasteiger partial charge in [0.1, 0.15) is 5.75 Å². The van der Waals surface area contributed by atoms with Crippen molar-refractivity contribution in [2.75, 3.05) is 19.0 Å². The summed E-state index contributed by atoms with van der Waals surface area (Å²) in [5.41, 5.74) is 1.75. The van der Waals surface area contributed by atoms with Gasteiger partial charge < -0.3 is 15.4 Å². The van der Waals surface area contributed by atoms with E-state index < -0.39 is 23.9 Å². The monoisotopic (exact) mass is 559 g/mol. The highest BCUT2D eigenvalue weighted by atomic mass is 19.4. The zero-order chi connectivity index (χ0) is 30.0. The highest BCUT2D eigenvalue weighted by molar-refractivity contribution is 6.05. The van der Waals surface area contributed by atoms with Gasteiger partial charge in [-0.05, 0) is 47.1 Å². The fraction of sp³-hybridized carbons (Fsp3) is 0.448. The molecule has 40 heavy (non-hydrogen) atoms. The lowest BCUT2D eigenvalue weighted by Gasteiger charge is -2.24. The number of carbonyl (C=O) groups excluding carboxylic acids is 2. The van der Waals surface area contributed by atoms with Gasteiger partial charge in [-0.3, -0.25) is 9.59 Å². The topological polar surface area (TPSA) is 98.1 Å². The molecule has 0 atom stereocenters. The van der Waals surface area contributed by atoms with Crippen LogP contribution in [-0.2, 0) is 11.8 Å². The van der Waals surface area contributed by atoms with Crippen molar-refractivity contribution < 1.29 is 27.5 Å². The average molecular weight is 560 g/mol. The maximum absolute atomic E-state index is 13.4. The van der Waals surface area contributed by atoms with Gasteiger partial charge in [0.05, 0.1) is 31.1 Å². The number of rotatable bonds is 7. The second-order valence-corrected chi connectivity index (χ2v) is 12.0. The molecule has 0 aliphatic carbocycles. The predicted molar refractivity (Wildman–Crippen MR) is 147 cm³/mol. The number of nitrogens with one attached hydrogen (secondary N) is 2. The molecule has 2 aromatic carbocycles. The summed E-state index contributed by atoms with van der Waals surface area (Å²) in [6, 6.07) is 7.98. The first-order chi connectivity index (χ1) is 18.4. The Morgan fingerprint density at radius 1 is 1.00 bits per heavy atom. The third kappa shape index (κ3) is 7.83. The fourth-order valence-electron chi connectivity index (χ4n) is 3.92. The van der Waals surface area contributed by atoms with Crippen LogP contribution in [0.3, 0.4) is 0 Å². The van der Waals surface area contributed by atoms with Crippen LogP contribution >= 0.6 is 0 Å². The van der Waals surface area contributed by atoms with E-state index in [1.807, 2.05) is 48.5 Å². The number of benzene rings is 2. The van der Waals surface area contributed by atoms with E-state index in [4.69, 9.17) is 4.74 Å². The average Bonchev–Trinajstić information content (AvgIpc) is 3.30. The summed E-state index contributed by atoms with van der Waals surface area (Å²) >= 11 is 0. The second-order valence-electron chi connectivity index (χ2n) is 12.0. The molecule has 0 saturated carbocycles. The van der Waals surface area contributed by atoms with Crippen molar-refractivity contribution >= 4 is 17.5 Å². The van der Waals surface area contributed by atoms with Crippen LogP contribution in [0.25, 0.3) is 5.69 Å². The van der Waals surface area contributed by atoms with Crippen LogP contribution in [0.4, 0.5) is 18.9 Å². The van der Waals surface area contributed by atoms with Gasteiger partial charge in [0.2, 0.25) is 0 Å². The summed E-state index contributed by atoms with van der Waals surface area (Å²) in [6.45, 7) is 13.9. The number of methoxy groups -OCH3 is 1.